The fraction of sp³-hybridized carbons (Fsp3) is 0.250. The zero-order chi connectivity index (χ0) is 15.5. The summed E-state index contributed by atoms with van der Waals surface area (Å²) >= 11 is 0. The molecule has 0 aliphatic carbocycles. The van der Waals surface area contributed by atoms with Crippen molar-refractivity contribution in [3.05, 3.63) is 54.1 Å². The molecule has 2 aromatic carbocycles. The highest BCUT2D eigenvalue weighted by atomic mass is 32.2. The summed E-state index contributed by atoms with van der Waals surface area (Å²) in [5, 5.41) is 0. The predicted octanol–water partition coefficient (Wildman–Crippen LogP) is 2.77. The van der Waals surface area contributed by atoms with Gasteiger partial charge in [-0.2, -0.15) is 0 Å². The average Bonchev–Trinajstić information content (AvgIpc) is 2.40. The Kier molecular flexibility index (Phi) is 4.65. The zero-order valence-corrected chi connectivity index (χ0v) is 12.9. The van der Waals surface area contributed by atoms with E-state index in [0.29, 0.717) is 11.5 Å². The van der Waals surface area contributed by atoms with Gasteiger partial charge in [-0.3, -0.25) is 0 Å². The molecule has 5 heteroatoms. The topological polar surface area (TPSA) is 69.4 Å². The highest BCUT2D eigenvalue weighted by Gasteiger charge is 2.08. The number of hydrogen-bond donors (Lipinski definition) is 1. The van der Waals surface area contributed by atoms with Crippen molar-refractivity contribution in [2.75, 3.05) is 6.26 Å². The molecule has 2 aromatic rings. The van der Waals surface area contributed by atoms with Crippen LogP contribution < -0.4 is 10.5 Å². The number of ether oxygens (including phenoxy) is 1. The largest absolute Gasteiger partial charge is 0.457 e. The van der Waals surface area contributed by atoms with Crippen molar-refractivity contribution in [2.24, 2.45) is 5.73 Å². The van der Waals surface area contributed by atoms with Gasteiger partial charge >= 0.3 is 0 Å². The van der Waals surface area contributed by atoms with Crippen LogP contribution in [0, 0.1) is 0 Å². The van der Waals surface area contributed by atoms with Crippen LogP contribution in [0.3, 0.4) is 0 Å². The maximum Gasteiger partial charge on any atom is 0.175 e. The maximum atomic E-state index is 11.5. The van der Waals surface area contributed by atoms with Gasteiger partial charge < -0.3 is 10.5 Å². The molecule has 0 spiro atoms. The van der Waals surface area contributed by atoms with Crippen LogP contribution >= 0.6 is 0 Å². The Bertz CT molecular complexity index is 707. The van der Waals surface area contributed by atoms with E-state index in [4.69, 9.17) is 10.5 Å². The standard InChI is InChI=1S/C16H19NO3S/c1-12(17)10-13-6-8-14(9-7-13)20-15-4-3-5-16(11-15)21(2,18)19/h3-9,11-12H,10,17H2,1-2H3. The predicted molar refractivity (Wildman–Crippen MR) is 83.4 cm³/mol. The van der Waals surface area contributed by atoms with Gasteiger partial charge in [-0.15, -0.1) is 0 Å². The fourth-order valence-corrected chi connectivity index (χ4v) is 2.63. The van der Waals surface area contributed by atoms with Crippen molar-refractivity contribution in [1.82, 2.24) is 0 Å². The van der Waals surface area contributed by atoms with E-state index in [1.54, 1.807) is 18.2 Å². The monoisotopic (exact) mass is 305 g/mol. The molecule has 1 atom stereocenters. The molecule has 21 heavy (non-hydrogen) atoms. The molecular formula is C16H19NO3S. The summed E-state index contributed by atoms with van der Waals surface area (Å²) < 4.78 is 28.7. The molecule has 1 unspecified atom stereocenters. The van der Waals surface area contributed by atoms with Crippen LogP contribution in [-0.2, 0) is 16.3 Å². The summed E-state index contributed by atoms with van der Waals surface area (Å²) in [5.41, 5.74) is 6.90. The van der Waals surface area contributed by atoms with Gasteiger partial charge in [0, 0.05) is 12.3 Å². The molecule has 0 heterocycles. The normalized spacial score (nSPS) is 12.9. The molecule has 0 radical (unpaired) electrons. The number of sulfone groups is 1. The van der Waals surface area contributed by atoms with Crippen LogP contribution in [0.5, 0.6) is 11.5 Å². The SMILES string of the molecule is CC(N)Cc1ccc(Oc2cccc(S(C)(=O)=O)c2)cc1. The quantitative estimate of drug-likeness (QED) is 0.922. The minimum atomic E-state index is -3.23. The molecule has 4 nitrogen and oxygen atoms in total. The lowest BCUT2D eigenvalue weighted by Crippen LogP contribution is -2.17. The van der Waals surface area contributed by atoms with Gasteiger partial charge in [-0.05, 0) is 49.2 Å². The van der Waals surface area contributed by atoms with Gasteiger partial charge in [-0.1, -0.05) is 18.2 Å². The van der Waals surface area contributed by atoms with Crippen LogP contribution in [0.1, 0.15) is 12.5 Å². The molecule has 0 aromatic heterocycles. The summed E-state index contributed by atoms with van der Waals surface area (Å²) in [7, 11) is -3.23. The Labute approximate surface area is 125 Å². The number of hydrogen-bond acceptors (Lipinski definition) is 4. The lowest BCUT2D eigenvalue weighted by atomic mass is 10.1. The van der Waals surface area contributed by atoms with E-state index in [0.717, 1.165) is 12.0 Å². The van der Waals surface area contributed by atoms with Crippen LogP contribution in [0.4, 0.5) is 0 Å². The molecule has 0 bridgehead atoms. The Hall–Kier alpha value is -1.85. The Morgan fingerprint density at radius 3 is 2.33 bits per heavy atom. The van der Waals surface area contributed by atoms with Crippen molar-refractivity contribution >= 4 is 9.84 Å². The fourth-order valence-electron chi connectivity index (χ4n) is 1.97. The maximum absolute atomic E-state index is 11.5. The van der Waals surface area contributed by atoms with Crippen LogP contribution in [0.25, 0.3) is 0 Å². The first kappa shape index (κ1) is 15.5. The average molecular weight is 305 g/mol. The van der Waals surface area contributed by atoms with Gasteiger partial charge in [0.05, 0.1) is 4.90 Å². The summed E-state index contributed by atoms with van der Waals surface area (Å²) in [5.74, 6) is 1.16. The number of nitrogens with two attached hydrogens (primary N) is 1. The third-order valence-electron chi connectivity index (χ3n) is 2.95. The second-order valence-electron chi connectivity index (χ2n) is 5.17. The van der Waals surface area contributed by atoms with Gasteiger partial charge in [0.15, 0.2) is 9.84 Å². The van der Waals surface area contributed by atoms with E-state index < -0.39 is 9.84 Å². The third kappa shape index (κ3) is 4.58. The molecule has 2 rings (SSSR count). The summed E-state index contributed by atoms with van der Waals surface area (Å²) in [6, 6.07) is 14.2. The van der Waals surface area contributed by atoms with Crippen LogP contribution in [0.2, 0.25) is 0 Å². The van der Waals surface area contributed by atoms with Crippen LogP contribution in [-0.4, -0.2) is 20.7 Å². The molecule has 0 aliphatic heterocycles. The lowest BCUT2D eigenvalue weighted by molar-refractivity contribution is 0.480. The Balaban J connectivity index is 2.15. The van der Waals surface area contributed by atoms with E-state index in [1.165, 1.54) is 12.3 Å². The highest BCUT2D eigenvalue weighted by molar-refractivity contribution is 7.90. The lowest BCUT2D eigenvalue weighted by Gasteiger charge is -2.09. The Morgan fingerprint density at radius 2 is 1.76 bits per heavy atom. The highest BCUT2D eigenvalue weighted by Crippen LogP contribution is 2.24. The first-order chi connectivity index (χ1) is 9.84. The Morgan fingerprint density at radius 1 is 1.10 bits per heavy atom. The van der Waals surface area contributed by atoms with E-state index >= 15 is 0 Å². The van der Waals surface area contributed by atoms with Gasteiger partial charge in [0.25, 0.3) is 0 Å². The zero-order valence-electron chi connectivity index (χ0n) is 12.1. The first-order valence-corrected chi connectivity index (χ1v) is 8.56. The molecule has 112 valence electrons. The van der Waals surface area contributed by atoms with Crippen molar-refractivity contribution in [2.45, 2.75) is 24.3 Å². The molecule has 0 aliphatic rings. The minimum Gasteiger partial charge on any atom is -0.457 e. The number of benzene rings is 2. The molecule has 0 amide bonds. The number of rotatable bonds is 5. The van der Waals surface area contributed by atoms with E-state index in [1.807, 2.05) is 31.2 Å². The van der Waals surface area contributed by atoms with E-state index in [2.05, 4.69) is 0 Å². The summed E-state index contributed by atoms with van der Waals surface area (Å²) in [4.78, 5) is 0.244. The second-order valence-corrected chi connectivity index (χ2v) is 7.19. The van der Waals surface area contributed by atoms with Crippen molar-refractivity contribution in [3.8, 4) is 11.5 Å². The van der Waals surface area contributed by atoms with E-state index in [-0.39, 0.29) is 10.9 Å². The smallest absolute Gasteiger partial charge is 0.175 e. The molecule has 0 fully saturated rings. The van der Waals surface area contributed by atoms with Crippen molar-refractivity contribution < 1.29 is 13.2 Å². The van der Waals surface area contributed by atoms with E-state index in [9.17, 15) is 8.42 Å². The first-order valence-electron chi connectivity index (χ1n) is 6.67. The van der Waals surface area contributed by atoms with Crippen molar-refractivity contribution in [3.63, 3.8) is 0 Å². The minimum absolute atomic E-state index is 0.114. The molecule has 0 saturated carbocycles. The molecular weight excluding hydrogens is 286 g/mol. The third-order valence-corrected chi connectivity index (χ3v) is 4.06. The second kappa shape index (κ2) is 6.28. The summed E-state index contributed by atoms with van der Waals surface area (Å²) in [6.45, 7) is 1.96. The summed E-state index contributed by atoms with van der Waals surface area (Å²) in [6.07, 6.45) is 1.98. The van der Waals surface area contributed by atoms with Crippen LogP contribution in [0.15, 0.2) is 53.4 Å². The molecule has 2 N–H and O–H groups in total. The van der Waals surface area contributed by atoms with Gasteiger partial charge in [0.1, 0.15) is 11.5 Å². The van der Waals surface area contributed by atoms with Crippen molar-refractivity contribution in [1.29, 1.82) is 0 Å². The molecule has 0 saturated heterocycles. The van der Waals surface area contributed by atoms with Gasteiger partial charge in [0.2, 0.25) is 0 Å². The van der Waals surface area contributed by atoms with Gasteiger partial charge in [-0.25, -0.2) is 8.42 Å².